The van der Waals surface area contributed by atoms with Crippen LogP contribution in [0.5, 0.6) is 0 Å². The van der Waals surface area contributed by atoms with E-state index in [4.69, 9.17) is 10.8 Å². The van der Waals surface area contributed by atoms with E-state index in [0.717, 1.165) is 10.4 Å². The summed E-state index contributed by atoms with van der Waals surface area (Å²) in [6.07, 6.45) is 0. The summed E-state index contributed by atoms with van der Waals surface area (Å²) < 4.78 is 39.2. The molecule has 0 atom stereocenters. The highest BCUT2D eigenvalue weighted by Crippen LogP contribution is 2.28. The zero-order chi connectivity index (χ0) is 13.9. The number of hydrogen-bond donors (Lipinski definition) is 2. The molecule has 8 heteroatoms. The minimum absolute atomic E-state index is 0.0128. The largest absolute Gasteiger partial charge is 0.399 e. The lowest BCUT2D eigenvalue weighted by molar-refractivity contribution is 0.256. The van der Waals surface area contributed by atoms with E-state index in [1.54, 1.807) is 6.92 Å². The number of sulfonamides is 1. The van der Waals surface area contributed by atoms with Crippen molar-refractivity contribution < 1.29 is 17.9 Å². The van der Waals surface area contributed by atoms with Crippen LogP contribution in [0.1, 0.15) is 6.92 Å². The van der Waals surface area contributed by atoms with Gasteiger partial charge in [-0.15, -0.1) is 0 Å². The van der Waals surface area contributed by atoms with Gasteiger partial charge < -0.3 is 10.8 Å². The summed E-state index contributed by atoms with van der Waals surface area (Å²) in [6, 6.07) is 2.35. The molecule has 18 heavy (non-hydrogen) atoms. The average Bonchev–Trinajstić information content (AvgIpc) is 2.30. The second kappa shape index (κ2) is 5.96. The van der Waals surface area contributed by atoms with Crippen LogP contribution in [0.2, 0.25) is 0 Å². The number of hydrogen-bond acceptors (Lipinski definition) is 4. The Balaban J connectivity index is 3.36. The van der Waals surface area contributed by atoms with Gasteiger partial charge in [-0.1, -0.05) is 6.92 Å². The summed E-state index contributed by atoms with van der Waals surface area (Å²) in [7, 11) is -4.00. The third kappa shape index (κ3) is 3.00. The third-order valence-corrected chi connectivity index (χ3v) is 4.89. The van der Waals surface area contributed by atoms with Crippen molar-refractivity contribution in [3.05, 3.63) is 22.4 Å². The van der Waals surface area contributed by atoms with Gasteiger partial charge in [0.1, 0.15) is 4.90 Å². The number of likely N-dealkylation sites (N-methyl/N-ethyl adjacent to an activating group) is 1. The number of anilines is 1. The molecule has 0 aromatic heterocycles. The fourth-order valence-corrected chi connectivity index (χ4v) is 3.64. The predicted octanol–water partition coefficient (Wildman–Crippen LogP) is 1.17. The number of aliphatic hydroxyl groups is 1. The second-order valence-corrected chi connectivity index (χ2v) is 6.30. The minimum Gasteiger partial charge on any atom is -0.399 e. The number of nitrogens with two attached hydrogens (primary N) is 1. The van der Waals surface area contributed by atoms with Crippen LogP contribution in [-0.4, -0.2) is 37.5 Å². The molecular formula is C10H14BrFN2O3S. The van der Waals surface area contributed by atoms with Crippen LogP contribution >= 0.6 is 15.9 Å². The molecule has 1 aromatic rings. The van der Waals surface area contributed by atoms with E-state index in [1.165, 1.54) is 6.07 Å². The Labute approximate surface area is 114 Å². The Morgan fingerprint density at radius 3 is 2.61 bits per heavy atom. The number of halogens is 2. The highest BCUT2D eigenvalue weighted by atomic mass is 79.9. The lowest BCUT2D eigenvalue weighted by atomic mass is 10.3. The number of nitrogens with zero attached hydrogens (tertiary/aromatic N) is 1. The van der Waals surface area contributed by atoms with Gasteiger partial charge in [0.05, 0.1) is 11.1 Å². The van der Waals surface area contributed by atoms with Crippen LogP contribution in [0, 0.1) is 5.82 Å². The van der Waals surface area contributed by atoms with Crippen molar-refractivity contribution in [1.29, 1.82) is 0 Å². The molecule has 5 nitrogen and oxygen atoms in total. The fourth-order valence-electron chi connectivity index (χ4n) is 1.47. The molecule has 0 unspecified atom stereocenters. The van der Waals surface area contributed by atoms with Crippen molar-refractivity contribution in [3.63, 3.8) is 0 Å². The maximum Gasteiger partial charge on any atom is 0.246 e. The summed E-state index contributed by atoms with van der Waals surface area (Å²) in [5.41, 5.74) is 5.65. The van der Waals surface area contributed by atoms with Gasteiger partial charge in [-0.25, -0.2) is 12.8 Å². The molecule has 102 valence electrons. The summed E-state index contributed by atoms with van der Waals surface area (Å²) in [5.74, 6) is -0.888. The Bertz CT molecular complexity index is 536. The lowest BCUT2D eigenvalue weighted by Gasteiger charge is -2.20. The first-order valence-corrected chi connectivity index (χ1v) is 7.43. The van der Waals surface area contributed by atoms with Crippen LogP contribution in [0.4, 0.5) is 10.1 Å². The zero-order valence-corrected chi connectivity index (χ0v) is 12.1. The van der Waals surface area contributed by atoms with Crippen LogP contribution in [0.15, 0.2) is 21.5 Å². The van der Waals surface area contributed by atoms with Crippen molar-refractivity contribution in [2.24, 2.45) is 0 Å². The molecule has 0 aliphatic rings. The second-order valence-electron chi connectivity index (χ2n) is 3.54. The molecule has 0 radical (unpaired) electrons. The lowest BCUT2D eigenvalue weighted by Crippen LogP contribution is -2.34. The molecule has 0 fully saturated rings. The molecule has 0 saturated heterocycles. The smallest absolute Gasteiger partial charge is 0.246 e. The van der Waals surface area contributed by atoms with Crippen molar-refractivity contribution in [2.45, 2.75) is 11.8 Å². The van der Waals surface area contributed by atoms with Crippen molar-refractivity contribution in [2.75, 3.05) is 25.4 Å². The SMILES string of the molecule is CCN(CCO)S(=O)(=O)c1cc(N)cc(Br)c1F. The van der Waals surface area contributed by atoms with E-state index in [2.05, 4.69) is 15.9 Å². The normalized spacial score (nSPS) is 12.1. The van der Waals surface area contributed by atoms with E-state index in [-0.39, 0.29) is 29.9 Å². The molecule has 1 rings (SSSR count). The Morgan fingerprint density at radius 1 is 1.50 bits per heavy atom. The van der Waals surface area contributed by atoms with E-state index in [1.807, 2.05) is 0 Å². The zero-order valence-electron chi connectivity index (χ0n) is 9.73. The molecule has 1 aromatic carbocycles. The molecule has 0 bridgehead atoms. The van der Waals surface area contributed by atoms with E-state index >= 15 is 0 Å². The maximum atomic E-state index is 13.8. The number of nitrogen functional groups attached to an aromatic ring is 1. The molecule has 0 amide bonds. The molecule has 0 saturated carbocycles. The summed E-state index contributed by atoms with van der Waals surface area (Å²) in [6.45, 7) is 1.31. The molecule has 3 N–H and O–H groups in total. The van der Waals surface area contributed by atoms with Crippen LogP contribution < -0.4 is 5.73 Å². The van der Waals surface area contributed by atoms with Gasteiger partial charge in [0, 0.05) is 18.8 Å². The van der Waals surface area contributed by atoms with E-state index in [9.17, 15) is 12.8 Å². The number of benzene rings is 1. The first kappa shape index (κ1) is 15.4. The Morgan fingerprint density at radius 2 is 2.11 bits per heavy atom. The minimum atomic E-state index is -4.00. The Kier molecular flexibility index (Phi) is 5.09. The number of rotatable bonds is 5. The summed E-state index contributed by atoms with van der Waals surface area (Å²) in [5, 5.41) is 8.82. The number of aliphatic hydroxyl groups excluding tert-OH is 1. The van der Waals surface area contributed by atoms with Gasteiger partial charge in [0.2, 0.25) is 10.0 Å². The quantitative estimate of drug-likeness (QED) is 0.788. The third-order valence-electron chi connectivity index (χ3n) is 2.34. The average molecular weight is 341 g/mol. The Hall–Kier alpha value is -0.700. The van der Waals surface area contributed by atoms with Gasteiger partial charge in [-0.2, -0.15) is 4.31 Å². The van der Waals surface area contributed by atoms with Crippen molar-refractivity contribution in [1.82, 2.24) is 4.31 Å². The van der Waals surface area contributed by atoms with Gasteiger partial charge in [-0.3, -0.25) is 0 Å². The van der Waals surface area contributed by atoms with Gasteiger partial charge >= 0.3 is 0 Å². The van der Waals surface area contributed by atoms with E-state index < -0.39 is 20.7 Å². The molecule has 0 aliphatic carbocycles. The molecule has 0 aliphatic heterocycles. The first-order chi connectivity index (χ1) is 8.34. The predicted molar refractivity (Wildman–Crippen MR) is 70.0 cm³/mol. The van der Waals surface area contributed by atoms with Gasteiger partial charge in [0.15, 0.2) is 5.82 Å². The summed E-state index contributed by atoms with van der Waals surface area (Å²) >= 11 is 2.91. The van der Waals surface area contributed by atoms with E-state index in [0.29, 0.717) is 0 Å². The summed E-state index contributed by atoms with van der Waals surface area (Å²) in [4.78, 5) is -0.496. The van der Waals surface area contributed by atoms with Crippen LogP contribution in [-0.2, 0) is 10.0 Å². The van der Waals surface area contributed by atoms with Gasteiger partial charge in [-0.05, 0) is 28.1 Å². The topological polar surface area (TPSA) is 83.6 Å². The maximum absolute atomic E-state index is 13.8. The first-order valence-electron chi connectivity index (χ1n) is 5.20. The van der Waals surface area contributed by atoms with Crippen molar-refractivity contribution >= 4 is 31.6 Å². The fraction of sp³-hybridized carbons (Fsp3) is 0.400. The molecular weight excluding hydrogens is 327 g/mol. The van der Waals surface area contributed by atoms with Gasteiger partial charge in [0.25, 0.3) is 0 Å². The standard InChI is InChI=1S/C10H14BrFN2O3S/c1-2-14(3-4-15)18(16,17)9-6-7(13)5-8(11)10(9)12/h5-6,15H,2-4,13H2,1H3. The van der Waals surface area contributed by atoms with Crippen LogP contribution in [0.25, 0.3) is 0 Å². The molecule has 0 spiro atoms. The van der Waals surface area contributed by atoms with Crippen molar-refractivity contribution in [3.8, 4) is 0 Å². The monoisotopic (exact) mass is 340 g/mol. The highest BCUT2D eigenvalue weighted by molar-refractivity contribution is 9.10. The highest BCUT2D eigenvalue weighted by Gasteiger charge is 2.27. The molecule has 0 heterocycles. The van der Waals surface area contributed by atoms with Crippen LogP contribution in [0.3, 0.4) is 0 Å².